The molecule has 6 heteroatoms. The van der Waals surface area contributed by atoms with Crippen LogP contribution in [0.2, 0.25) is 0 Å². The van der Waals surface area contributed by atoms with E-state index in [1.165, 1.54) is 23.4 Å². The van der Waals surface area contributed by atoms with E-state index in [9.17, 15) is 4.79 Å². The molecule has 1 aliphatic rings. The summed E-state index contributed by atoms with van der Waals surface area (Å²) in [7, 11) is 0. The standard InChI is InChI=1S/C22H25N3O2S/c26-22(23-18-7-9-19(10-8-18)25-11-1-2-12-25)17-24(15-20-5-3-13-27-20)16-21-6-4-14-28-21/h3-10,13-14H,1-2,11-12,15-17H2,(H,23,26). The summed E-state index contributed by atoms with van der Waals surface area (Å²) in [5, 5.41) is 5.08. The van der Waals surface area contributed by atoms with Gasteiger partial charge >= 0.3 is 0 Å². The average molecular weight is 396 g/mol. The van der Waals surface area contributed by atoms with Crippen LogP contribution < -0.4 is 10.2 Å². The molecule has 5 nitrogen and oxygen atoms in total. The Labute approximate surface area is 169 Å². The predicted molar refractivity (Wildman–Crippen MR) is 114 cm³/mol. The third-order valence-electron chi connectivity index (χ3n) is 4.91. The molecule has 0 bridgehead atoms. The molecule has 3 heterocycles. The SMILES string of the molecule is O=C(CN(Cc1ccco1)Cc1cccs1)Nc1ccc(N2CCCC2)cc1. The molecule has 3 aromatic rings. The highest BCUT2D eigenvalue weighted by atomic mass is 32.1. The second-order valence-electron chi connectivity index (χ2n) is 7.09. The Bertz CT molecular complexity index is 818. The number of hydrogen-bond acceptors (Lipinski definition) is 5. The van der Waals surface area contributed by atoms with Crippen LogP contribution >= 0.6 is 11.3 Å². The zero-order chi connectivity index (χ0) is 19.2. The highest BCUT2D eigenvalue weighted by Crippen LogP contribution is 2.22. The van der Waals surface area contributed by atoms with Crippen molar-refractivity contribution in [2.24, 2.45) is 0 Å². The minimum Gasteiger partial charge on any atom is -0.468 e. The summed E-state index contributed by atoms with van der Waals surface area (Å²) in [4.78, 5) is 18.3. The molecule has 0 radical (unpaired) electrons. The van der Waals surface area contributed by atoms with E-state index in [0.717, 1.165) is 31.1 Å². The molecule has 0 aliphatic carbocycles. The molecule has 0 unspecified atom stereocenters. The summed E-state index contributed by atoms with van der Waals surface area (Å²) in [5.41, 5.74) is 2.06. The molecule has 2 aromatic heterocycles. The van der Waals surface area contributed by atoms with Crippen molar-refractivity contribution < 1.29 is 9.21 Å². The van der Waals surface area contributed by atoms with Gasteiger partial charge in [0.1, 0.15) is 5.76 Å². The van der Waals surface area contributed by atoms with E-state index in [0.29, 0.717) is 13.1 Å². The van der Waals surface area contributed by atoms with E-state index in [1.54, 1.807) is 17.6 Å². The van der Waals surface area contributed by atoms with Crippen molar-refractivity contribution in [1.29, 1.82) is 0 Å². The minimum absolute atomic E-state index is 0.0166. The number of furan rings is 1. The number of hydrogen-bond donors (Lipinski definition) is 1. The molecular weight excluding hydrogens is 370 g/mol. The highest BCUT2D eigenvalue weighted by Gasteiger charge is 2.15. The number of thiophene rings is 1. The minimum atomic E-state index is -0.0166. The van der Waals surface area contributed by atoms with Crippen molar-refractivity contribution in [2.45, 2.75) is 25.9 Å². The molecule has 0 atom stereocenters. The van der Waals surface area contributed by atoms with Gasteiger partial charge in [-0.3, -0.25) is 9.69 Å². The lowest BCUT2D eigenvalue weighted by atomic mass is 10.2. The van der Waals surface area contributed by atoms with Crippen LogP contribution in [0.3, 0.4) is 0 Å². The number of carbonyl (C=O) groups excluding carboxylic acids is 1. The Morgan fingerprint density at radius 3 is 2.57 bits per heavy atom. The molecule has 1 aromatic carbocycles. The van der Waals surface area contributed by atoms with Gasteiger partial charge in [0.25, 0.3) is 0 Å². The summed E-state index contributed by atoms with van der Waals surface area (Å²) >= 11 is 1.70. The van der Waals surface area contributed by atoms with E-state index in [1.807, 2.05) is 30.3 Å². The van der Waals surface area contributed by atoms with Gasteiger partial charge in [-0.05, 0) is 60.7 Å². The van der Waals surface area contributed by atoms with Crippen LogP contribution in [0.1, 0.15) is 23.5 Å². The third kappa shape index (κ3) is 5.03. The molecule has 28 heavy (non-hydrogen) atoms. The van der Waals surface area contributed by atoms with Crippen molar-refractivity contribution in [1.82, 2.24) is 4.90 Å². The molecule has 1 fully saturated rings. The lowest BCUT2D eigenvalue weighted by Gasteiger charge is -2.20. The summed E-state index contributed by atoms with van der Waals surface area (Å²) in [6, 6.07) is 16.1. The topological polar surface area (TPSA) is 48.7 Å². The van der Waals surface area contributed by atoms with Crippen molar-refractivity contribution in [3.63, 3.8) is 0 Å². The van der Waals surface area contributed by atoms with Gasteiger partial charge < -0.3 is 14.6 Å². The summed E-state index contributed by atoms with van der Waals surface area (Å²) in [6.07, 6.45) is 4.18. The van der Waals surface area contributed by atoms with Gasteiger partial charge in [-0.25, -0.2) is 0 Å². The zero-order valence-corrected chi connectivity index (χ0v) is 16.7. The molecule has 1 amide bonds. The number of carbonyl (C=O) groups is 1. The molecule has 0 saturated carbocycles. The number of nitrogens with one attached hydrogen (secondary N) is 1. The monoisotopic (exact) mass is 395 g/mol. The molecule has 4 rings (SSSR count). The summed E-state index contributed by atoms with van der Waals surface area (Å²) < 4.78 is 5.47. The first-order chi connectivity index (χ1) is 13.8. The first-order valence-corrected chi connectivity index (χ1v) is 10.6. The fourth-order valence-electron chi connectivity index (χ4n) is 3.55. The normalized spacial score (nSPS) is 14.0. The maximum atomic E-state index is 12.6. The summed E-state index contributed by atoms with van der Waals surface area (Å²) in [5.74, 6) is 0.844. The van der Waals surface area contributed by atoms with Crippen LogP contribution in [-0.4, -0.2) is 30.4 Å². The van der Waals surface area contributed by atoms with Crippen LogP contribution in [0.15, 0.2) is 64.6 Å². The largest absolute Gasteiger partial charge is 0.468 e. The van der Waals surface area contributed by atoms with E-state index in [-0.39, 0.29) is 5.91 Å². The lowest BCUT2D eigenvalue weighted by molar-refractivity contribution is -0.117. The first kappa shape index (κ1) is 18.8. The van der Waals surface area contributed by atoms with Crippen LogP contribution in [0.25, 0.3) is 0 Å². The van der Waals surface area contributed by atoms with E-state index in [4.69, 9.17) is 4.42 Å². The Kier molecular flexibility index (Phi) is 6.09. The first-order valence-electron chi connectivity index (χ1n) is 9.68. The predicted octanol–water partition coefficient (Wildman–Crippen LogP) is 4.58. The molecule has 146 valence electrons. The molecular formula is C22H25N3O2S. The van der Waals surface area contributed by atoms with Crippen LogP contribution in [0.5, 0.6) is 0 Å². The molecule has 1 aliphatic heterocycles. The van der Waals surface area contributed by atoms with E-state index in [2.05, 4.69) is 38.7 Å². The van der Waals surface area contributed by atoms with Crippen LogP contribution in [0, 0.1) is 0 Å². The lowest BCUT2D eigenvalue weighted by Crippen LogP contribution is -2.32. The number of rotatable bonds is 8. The highest BCUT2D eigenvalue weighted by molar-refractivity contribution is 7.09. The van der Waals surface area contributed by atoms with Crippen molar-refractivity contribution in [3.8, 4) is 0 Å². The molecule has 0 spiro atoms. The van der Waals surface area contributed by atoms with E-state index >= 15 is 0 Å². The summed E-state index contributed by atoms with van der Waals surface area (Å²) in [6.45, 7) is 3.88. The number of nitrogens with zero attached hydrogens (tertiary/aromatic N) is 2. The smallest absolute Gasteiger partial charge is 0.238 e. The van der Waals surface area contributed by atoms with Gasteiger partial charge in [0.15, 0.2) is 0 Å². The second kappa shape index (κ2) is 9.08. The van der Waals surface area contributed by atoms with Gasteiger partial charge in [0.05, 0.1) is 19.4 Å². The zero-order valence-electron chi connectivity index (χ0n) is 15.8. The Morgan fingerprint density at radius 2 is 1.89 bits per heavy atom. The van der Waals surface area contributed by atoms with E-state index < -0.39 is 0 Å². The quantitative estimate of drug-likeness (QED) is 0.606. The average Bonchev–Trinajstić information content (AvgIpc) is 3.46. The maximum absolute atomic E-state index is 12.6. The Morgan fingerprint density at radius 1 is 1.07 bits per heavy atom. The second-order valence-corrected chi connectivity index (χ2v) is 8.13. The fraction of sp³-hybridized carbons (Fsp3) is 0.318. The maximum Gasteiger partial charge on any atom is 0.238 e. The van der Waals surface area contributed by atoms with Crippen LogP contribution in [-0.2, 0) is 17.9 Å². The van der Waals surface area contributed by atoms with Gasteiger partial charge in [0, 0.05) is 35.9 Å². The third-order valence-corrected chi connectivity index (χ3v) is 5.77. The van der Waals surface area contributed by atoms with Gasteiger partial charge in [-0.15, -0.1) is 11.3 Å². The Hall–Kier alpha value is -2.57. The molecule has 1 N–H and O–H groups in total. The Balaban J connectivity index is 1.36. The van der Waals surface area contributed by atoms with Crippen LogP contribution in [0.4, 0.5) is 11.4 Å². The number of amides is 1. The molecule has 1 saturated heterocycles. The van der Waals surface area contributed by atoms with Crippen molar-refractivity contribution in [3.05, 3.63) is 70.8 Å². The number of benzene rings is 1. The van der Waals surface area contributed by atoms with Gasteiger partial charge in [0.2, 0.25) is 5.91 Å². The number of anilines is 2. The van der Waals surface area contributed by atoms with Crippen molar-refractivity contribution in [2.75, 3.05) is 29.9 Å². The van der Waals surface area contributed by atoms with Gasteiger partial charge in [-0.1, -0.05) is 6.07 Å². The fourth-order valence-corrected chi connectivity index (χ4v) is 4.29. The van der Waals surface area contributed by atoms with Gasteiger partial charge in [-0.2, -0.15) is 0 Å². The van der Waals surface area contributed by atoms with Crippen molar-refractivity contribution >= 4 is 28.6 Å².